The quantitative estimate of drug-likeness (QED) is 0.253. The lowest BCUT2D eigenvalue weighted by Gasteiger charge is -2.22. The molecule has 0 radical (unpaired) electrons. The molecule has 0 heterocycles. The van der Waals surface area contributed by atoms with Crippen molar-refractivity contribution in [3.05, 3.63) is 12.7 Å². The Hall–Kier alpha value is -0.733. The molecule has 0 aliphatic carbocycles. The van der Waals surface area contributed by atoms with Crippen molar-refractivity contribution in [2.75, 3.05) is 34.5 Å². The van der Waals surface area contributed by atoms with Crippen LogP contribution in [0.4, 0.5) is 0 Å². The summed E-state index contributed by atoms with van der Waals surface area (Å²) < 4.78 is 25.4. The maximum absolute atomic E-state index is 10.7. The largest absolute Gasteiger partial charge is 0.678 e. The van der Waals surface area contributed by atoms with Gasteiger partial charge in [-0.3, -0.25) is 0 Å². The predicted octanol–water partition coefficient (Wildman–Crippen LogP) is 0.887. The Labute approximate surface area is 103 Å². The van der Waals surface area contributed by atoms with E-state index in [2.05, 4.69) is 6.58 Å². The number of carbonyl (C=O) groups excluding carboxylic acids is 1. The third-order valence-electron chi connectivity index (χ3n) is 1.98. The van der Waals surface area contributed by atoms with Gasteiger partial charge >= 0.3 is 15.0 Å². The second-order valence-corrected chi connectivity index (χ2v) is 5.55. The summed E-state index contributed by atoms with van der Waals surface area (Å²) in [7, 11) is 1.50. The van der Waals surface area contributed by atoms with E-state index in [9.17, 15) is 4.79 Å². The van der Waals surface area contributed by atoms with Crippen molar-refractivity contribution in [1.82, 2.24) is 0 Å². The van der Waals surface area contributed by atoms with Crippen LogP contribution in [0.3, 0.4) is 0 Å². The monoisotopic (exact) mass is 264 g/mol. The van der Waals surface area contributed by atoms with Gasteiger partial charge < -0.3 is 22.4 Å². The predicted molar refractivity (Wildman–Crippen MR) is 63.1 cm³/mol. The van der Waals surface area contributed by atoms with Crippen molar-refractivity contribution < 1.29 is 27.2 Å². The Morgan fingerprint density at radius 1 is 1.12 bits per heavy atom. The zero-order chi connectivity index (χ0) is 13.1. The third-order valence-corrected chi connectivity index (χ3v) is 4.04. The van der Waals surface area contributed by atoms with Gasteiger partial charge in [0.25, 0.3) is 0 Å². The summed E-state index contributed by atoms with van der Waals surface area (Å²) >= 11 is 0. The molecule has 0 rings (SSSR count). The van der Waals surface area contributed by atoms with Crippen molar-refractivity contribution >= 4 is 15.0 Å². The zero-order valence-electron chi connectivity index (χ0n) is 10.6. The minimum Gasteiger partial charge on any atom is -0.463 e. The summed E-state index contributed by atoms with van der Waals surface area (Å²) in [4.78, 5) is 10.7. The van der Waals surface area contributed by atoms with Crippen LogP contribution in [-0.4, -0.2) is 49.6 Å². The van der Waals surface area contributed by atoms with Crippen LogP contribution in [0.25, 0.3) is 0 Å². The van der Waals surface area contributed by atoms with Gasteiger partial charge in [-0.25, -0.2) is 4.79 Å². The fourth-order valence-corrected chi connectivity index (χ4v) is 2.31. The summed E-state index contributed by atoms with van der Waals surface area (Å²) in [5.41, 5.74) is 0. The van der Waals surface area contributed by atoms with Gasteiger partial charge in [-0.2, -0.15) is 0 Å². The summed E-state index contributed by atoms with van der Waals surface area (Å²) in [6.45, 7) is 4.06. The molecule has 0 fully saturated rings. The standard InChI is InChI=1S/C10H20O6Si/c1-5-10(11)15-8-6-7-9-16-17(12-2,13-3)14-4/h5H,1,6-9H2,2-4H3. The molecule has 0 aliphatic rings. The Morgan fingerprint density at radius 2 is 1.65 bits per heavy atom. The molecular weight excluding hydrogens is 244 g/mol. The first kappa shape index (κ1) is 16.3. The van der Waals surface area contributed by atoms with Crippen molar-refractivity contribution in [3.8, 4) is 0 Å². The molecule has 6 nitrogen and oxygen atoms in total. The van der Waals surface area contributed by atoms with Crippen LogP contribution < -0.4 is 0 Å². The number of rotatable bonds is 10. The maximum Gasteiger partial charge on any atom is 0.678 e. The fraction of sp³-hybridized carbons (Fsp3) is 0.700. The maximum atomic E-state index is 10.7. The highest BCUT2D eigenvalue weighted by Crippen LogP contribution is 2.08. The average Bonchev–Trinajstić information content (AvgIpc) is 2.38. The minimum atomic E-state index is -2.93. The van der Waals surface area contributed by atoms with Crippen LogP contribution in [-0.2, 0) is 27.2 Å². The minimum absolute atomic E-state index is 0.343. The highest BCUT2D eigenvalue weighted by atomic mass is 28.4. The Morgan fingerprint density at radius 3 is 2.12 bits per heavy atom. The molecule has 0 aromatic carbocycles. The Bertz CT molecular complexity index is 221. The highest BCUT2D eigenvalue weighted by molar-refractivity contribution is 6.53. The smallest absolute Gasteiger partial charge is 0.463 e. The summed E-state index contributed by atoms with van der Waals surface area (Å²) in [6, 6.07) is 0. The SMILES string of the molecule is C=CC(=O)OCCCCO[Si](OC)(OC)OC. The summed E-state index contributed by atoms with van der Waals surface area (Å²) in [6.07, 6.45) is 2.55. The lowest BCUT2D eigenvalue weighted by molar-refractivity contribution is -0.137. The molecule has 100 valence electrons. The molecule has 17 heavy (non-hydrogen) atoms. The molecule has 0 N–H and O–H groups in total. The number of unbranched alkanes of at least 4 members (excludes halogenated alkanes) is 1. The second-order valence-electron chi connectivity index (χ2n) is 3.04. The van der Waals surface area contributed by atoms with Crippen LogP contribution in [0.5, 0.6) is 0 Å². The van der Waals surface area contributed by atoms with E-state index < -0.39 is 15.0 Å². The van der Waals surface area contributed by atoms with E-state index in [1.165, 1.54) is 21.3 Å². The highest BCUT2D eigenvalue weighted by Gasteiger charge is 2.41. The lowest BCUT2D eigenvalue weighted by atomic mass is 10.3. The van der Waals surface area contributed by atoms with Crippen molar-refractivity contribution in [2.24, 2.45) is 0 Å². The molecule has 0 saturated heterocycles. The number of hydrogen-bond acceptors (Lipinski definition) is 6. The van der Waals surface area contributed by atoms with Gasteiger partial charge in [-0.15, -0.1) is 0 Å². The molecule has 0 spiro atoms. The first-order valence-corrected chi connectivity index (χ1v) is 6.86. The van der Waals surface area contributed by atoms with E-state index in [1.807, 2.05) is 0 Å². The van der Waals surface area contributed by atoms with E-state index >= 15 is 0 Å². The van der Waals surface area contributed by atoms with Crippen molar-refractivity contribution in [1.29, 1.82) is 0 Å². The molecule has 0 aliphatic heterocycles. The topological polar surface area (TPSA) is 63.2 Å². The van der Waals surface area contributed by atoms with Gasteiger partial charge in [-0.05, 0) is 12.8 Å². The Kier molecular flexibility index (Phi) is 8.91. The number of esters is 1. The number of ether oxygens (including phenoxy) is 1. The van der Waals surface area contributed by atoms with Crippen LogP contribution >= 0.6 is 0 Å². The Balaban J connectivity index is 3.62. The lowest BCUT2D eigenvalue weighted by Crippen LogP contribution is -2.46. The number of hydrogen-bond donors (Lipinski definition) is 0. The number of carbonyl (C=O) groups is 1. The summed E-state index contributed by atoms with van der Waals surface area (Å²) in [5, 5.41) is 0. The first-order valence-electron chi connectivity index (χ1n) is 5.22. The fourth-order valence-electron chi connectivity index (χ4n) is 1.06. The zero-order valence-corrected chi connectivity index (χ0v) is 11.6. The van der Waals surface area contributed by atoms with Crippen molar-refractivity contribution in [2.45, 2.75) is 12.8 Å². The molecule has 0 unspecified atom stereocenters. The van der Waals surface area contributed by atoms with Gasteiger partial charge in [0.1, 0.15) is 0 Å². The van der Waals surface area contributed by atoms with Crippen LogP contribution in [0.2, 0.25) is 0 Å². The van der Waals surface area contributed by atoms with Crippen LogP contribution in [0.1, 0.15) is 12.8 Å². The van der Waals surface area contributed by atoms with Gasteiger partial charge in [-0.1, -0.05) is 6.58 Å². The van der Waals surface area contributed by atoms with E-state index in [4.69, 9.17) is 22.4 Å². The van der Waals surface area contributed by atoms with Gasteiger partial charge in [0.05, 0.1) is 6.61 Å². The van der Waals surface area contributed by atoms with Gasteiger partial charge in [0, 0.05) is 34.0 Å². The molecule has 0 aromatic rings. The molecule has 0 saturated carbocycles. The van der Waals surface area contributed by atoms with Crippen molar-refractivity contribution in [3.63, 3.8) is 0 Å². The van der Waals surface area contributed by atoms with Gasteiger partial charge in [0.2, 0.25) is 0 Å². The van der Waals surface area contributed by atoms with E-state index in [-0.39, 0.29) is 0 Å². The van der Waals surface area contributed by atoms with Gasteiger partial charge in [0.15, 0.2) is 0 Å². The molecule has 0 bridgehead atoms. The molecule has 0 amide bonds. The van der Waals surface area contributed by atoms with E-state index in [0.29, 0.717) is 19.6 Å². The molecule has 0 atom stereocenters. The normalized spacial score (nSPS) is 11.2. The first-order chi connectivity index (χ1) is 8.14. The summed E-state index contributed by atoms with van der Waals surface area (Å²) in [5.74, 6) is -0.416. The third kappa shape index (κ3) is 6.54. The van der Waals surface area contributed by atoms with Crippen LogP contribution in [0, 0.1) is 0 Å². The molecular formula is C10H20O6Si. The molecule has 7 heteroatoms. The van der Waals surface area contributed by atoms with E-state index in [1.54, 1.807) is 0 Å². The second kappa shape index (κ2) is 9.31. The average molecular weight is 264 g/mol. The van der Waals surface area contributed by atoms with Crippen LogP contribution in [0.15, 0.2) is 12.7 Å². The molecule has 0 aromatic heterocycles. The van der Waals surface area contributed by atoms with E-state index in [0.717, 1.165) is 12.5 Å².